The second-order valence-corrected chi connectivity index (χ2v) is 8.48. The number of allylic oxidation sites excluding steroid dienone is 6. The molecular formula is C28H30N2. The van der Waals surface area contributed by atoms with E-state index in [0.29, 0.717) is 0 Å². The van der Waals surface area contributed by atoms with Crippen molar-refractivity contribution in [2.75, 3.05) is 9.80 Å². The number of benzene rings is 2. The maximum absolute atomic E-state index is 2.24. The van der Waals surface area contributed by atoms with Gasteiger partial charge in [-0.1, -0.05) is 35.4 Å². The van der Waals surface area contributed by atoms with Crippen molar-refractivity contribution >= 4 is 11.4 Å². The fraction of sp³-hybridized carbons (Fsp3) is 0.214. The molecule has 0 aromatic heterocycles. The smallest absolute Gasteiger partial charge is 0.0507 e. The molecule has 152 valence electrons. The average Bonchev–Trinajstić information content (AvgIpc) is 2.67. The molecule has 0 atom stereocenters. The van der Waals surface area contributed by atoms with Crippen LogP contribution in [0, 0.1) is 41.5 Å². The highest BCUT2D eigenvalue weighted by Gasteiger charge is 2.14. The Hall–Kier alpha value is -3.26. The molecule has 0 saturated carbocycles. The van der Waals surface area contributed by atoms with Crippen LogP contribution in [0.25, 0.3) is 0 Å². The van der Waals surface area contributed by atoms with Crippen molar-refractivity contribution in [1.82, 2.24) is 0 Å². The number of aryl methyl sites for hydroxylation is 6. The van der Waals surface area contributed by atoms with E-state index in [-0.39, 0.29) is 0 Å². The van der Waals surface area contributed by atoms with E-state index in [9.17, 15) is 0 Å². The van der Waals surface area contributed by atoms with Gasteiger partial charge in [0.1, 0.15) is 0 Å². The molecule has 0 radical (unpaired) electrons. The summed E-state index contributed by atoms with van der Waals surface area (Å²) in [5, 5.41) is 0. The summed E-state index contributed by atoms with van der Waals surface area (Å²) in [6.45, 7) is 13.0. The summed E-state index contributed by atoms with van der Waals surface area (Å²) in [6, 6.07) is 8.98. The molecule has 0 N–H and O–H groups in total. The van der Waals surface area contributed by atoms with Gasteiger partial charge in [-0.05, 0) is 99.2 Å². The minimum Gasteiger partial charge on any atom is -0.323 e. The first-order valence-corrected chi connectivity index (χ1v) is 10.5. The summed E-state index contributed by atoms with van der Waals surface area (Å²) >= 11 is 0. The maximum atomic E-state index is 2.24. The lowest BCUT2D eigenvalue weighted by atomic mass is 10.0. The van der Waals surface area contributed by atoms with Crippen LogP contribution in [0.5, 0.6) is 0 Å². The molecule has 2 aromatic rings. The van der Waals surface area contributed by atoms with Crippen molar-refractivity contribution in [2.24, 2.45) is 0 Å². The van der Waals surface area contributed by atoms with Gasteiger partial charge in [0.25, 0.3) is 0 Å². The lowest BCUT2D eigenvalue weighted by Crippen LogP contribution is -2.14. The van der Waals surface area contributed by atoms with Gasteiger partial charge in [-0.3, -0.25) is 0 Å². The Labute approximate surface area is 180 Å². The summed E-state index contributed by atoms with van der Waals surface area (Å²) in [5.41, 5.74) is 12.8. The predicted octanol–water partition coefficient (Wildman–Crippen LogP) is 7.23. The van der Waals surface area contributed by atoms with Crippen molar-refractivity contribution in [3.05, 3.63) is 118 Å². The Morgan fingerprint density at radius 3 is 0.967 bits per heavy atom. The van der Waals surface area contributed by atoms with Crippen LogP contribution in [-0.2, 0) is 0 Å². The molecule has 2 heterocycles. The molecule has 30 heavy (non-hydrogen) atoms. The lowest BCUT2D eigenvalue weighted by molar-refractivity contribution is 1.17. The largest absolute Gasteiger partial charge is 0.323 e. The van der Waals surface area contributed by atoms with Crippen LogP contribution in [0.1, 0.15) is 33.4 Å². The van der Waals surface area contributed by atoms with Crippen molar-refractivity contribution in [2.45, 2.75) is 41.5 Å². The standard InChI is InChI=1S/C28H30N2/c1-19-15-21(3)27(22(4)16-19)29-11-7-25(8-12-29)26-9-13-30(14-10-26)28-23(5)17-20(2)18-24(28)6/h7-18H,1-6H3. The number of rotatable bonds is 2. The van der Waals surface area contributed by atoms with E-state index in [4.69, 9.17) is 0 Å². The Kier molecular flexibility index (Phi) is 5.26. The molecule has 0 unspecified atom stereocenters. The molecule has 0 aliphatic carbocycles. The molecule has 2 aliphatic rings. The van der Waals surface area contributed by atoms with Gasteiger partial charge >= 0.3 is 0 Å². The molecule has 0 bridgehead atoms. The number of nitrogens with zero attached hydrogens (tertiary/aromatic N) is 2. The van der Waals surface area contributed by atoms with Crippen LogP contribution < -0.4 is 9.80 Å². The first-order valence-electron chi connectivity index (χ1n) is 10.5. The lowest BCUT2D eigenvalue weighted by Gasteiger charge is -2.26. The van der Waals surface area contributed by atoms with Crippen LogP contribution in [0.3, 0.4) is 0 Å². The minimum atomic E-state index is 1.22. The third-order valence-corrected chi connectivity index (χ3v) is 5.78. The molecule has 2 aromatic carbocycles. The Morgan fingerprint density at radius 2 is 0.700 bits per heavy atom. The Morgan fingerprint density at radius 1 is 0.433 bits per heavy atom. The predicted molar refractivity (Wildman–Crippen MR) is 130 cm³/mol. The third-order valence-electron chi connectivity index (χ3n) is 5.78. The quantitative estimate of drug-likeness (QED) is 0.530. The van der Waals surface area contributed by atoms with Gasteiger partial charge in [-0.15, -0.1) is 0 Å². The van der Waals surface area contributed by atoms with Crippen LogP contribution in [0.4, 0.5) is 11.4 Å². The van der Waals surface area contributed by atoms with E-state index in [0.717, 1.165) is 0 Å². The normalized spacial score (nSPS) is 15.5. The highest BCUT2D eigenvalue weighted by Crippen LogP contribution is 2.32. The van der Waals surface area contributed by atoms with Gasteiger partial charge in [0.05, 0.1) is 11.4 Å². The molecular weight excluding hydrogens is 364 g/mol. The van der Waals surface area contributed by atoms with Crippen LogP contribution in [0.2, 0.25) is 0 Å². The summed E-state index contributed by atoms with van der Waals surface area (Å²) in [5.74, 6) is 0. The van der Waals surface area contributed by atoms with Crippen LogP contribution >= 0.6 is 0 Å². The zero-order chi connectivity index (χ0) is 21.4. The van der Waals surface area contributed by atoms with E-state index in [1.54, 1.807) is 0 Å². The van der Waals surface area contributed by atoms with Crippen molar-refractivity contribution in [3.63, 3.8) is 0 Å². The summed E-state index contributed by atoms with van der Waals surface area (Å²) in [4.78, 5) is 4.44. The summed E-state index contributed by atoms with van der Waals surface area (Å²) in [6.07, 6.45) is 17.4. The van der Waals surface area contributed by atoms with Gasteiger partial charge in [0.15, 0.2) is 0 Å². The fourth-order valence-corrected chi connectivity index (χ4v) is 4.70. The van der Waals surface area contributed by atoms with Gasteiger partial charge in [-0.2, -0.15) is 0 Å². The van der Waals surface area contributed by atoms with Crippen LogP contribution in [0.15, 0.2) is 84.5 Å². The molecule has 2 nitrogen and oxygen atoms in total. The van der Waals surface area contributed by atoms with Gasteiger partial charge in [0, 0.05) is 24.8 Å². The maximum Gasteiger partial charge on any atom is 0.0507 e. The second-order valence-electron chi connectivity index (χ2n) is 8.48. The molecule has 2 heteroatoms. The topological polar surface area (TPSA) is 6.48 Å². The zero-order valence-corrected chi connectivity index (χ0v) is 18.8. The minimum absolute atomic E-state index is 1.22. The highest BCUT2D eigenvalue weighted by molar-refractivity contribution is 5.68. The third kappa shape index (κ3) is 3.78. The van der Waals surface area contributed by atoms with Gasteiger partial charge in [0.2, 0.25) is 0 Å². The molecule has 4 rings (SSSR count). The van der Waals surface area contributed by atoms with E-state index >= 15 is 0 Å². The summed E-state index contributed by atoms with van der Waals surface area (Å²) < 4.78 is 0. The van der Waals surface area contributed by atoms with E-state index in [1.165, 1.54) is 55.9 Å². The van der Waals surface area contributed by atoms with Crippen molar-refractivity contribution in [3.8, 4) is 0 Å². The number of hydrogen-bond donors (Lipinski definition) is 0. The Balaban J connectivity index is 1.57. The second kappa shape index (κ2) is 7.87. The number of hydrogen-bond acceptors (Lipinski definition) is 2. The molecule has 0 amide bonds. The Bertz CT molecular complexity index is 986. The first kappa shape index (κ1) is 20.0. The number of anilines is 2. The van der Waals surface area contributed by atoms with Gasteiger partial charge < -0.3 is 9.80 Å². The van der Waals surface area contributed by atoms with E-state index in [1.807, 2.05) is 0 Å². The highest BCUT2D eigenvalue weighted by atomic mass is 15.1. The van der Waals surface area contributed by atoms with E-state index < -0.39 is 0 Å². The first-order chi connectivity index (χ1) is 14.3. The van der Waals surface area contributed by atoms with Crippen molar-refractivity contribution in [1.29, 1.82) is 0 Å². The average molecular weight is 395 g/mol. The molecule has 2 aliphatic heterocycles. The summed E-state index contributed by atoms with van der Waals surface area (Å²) in [7, 11) is 0. The monoisotopic (exact) mass is 394 g/mol. The van der Waals surface area contributed by atoms with Crippen molar-refractivity contribution < 1.29 is 0 Å². The fourth-order valence-electron chi connectivity index (χ4n) is 4.70. The van der Waals surface area contributed by atoms with Gasteiger partial charge in [-0.25, -0.2) is 0 Å². The van der Waals surface area contributed by atoms with Crippen LogP contribution in [-0.4, -0.2) is 0 Å². The molecule has 0 spiro atoms. The SMILES string of the molecule is Cc1cc(C)c(N2C=CC(=C3C=CN(c4c(C)cc(C)cc4C)C=C3)C=C2)c(C)c1. The molecule has 0 saturated heterocycles. The van der Waals surface area contributed by atoms with E-state index in [2.05, 4.69) is 125 Å². The zero-order valence-electron chi connectivity index (χ0n) is 18.8. The molecule has 0 fully saturated rings.